The summed E-state index contributed by atoms with van der Waals surface area (Å²) < 4.78 is 11.5. The number of esters is 1. The van der Waals surface area contributed by atoms with Crippen LogP contribution in [0, 0.1) is 45.3 Å². The molecule has 5 aliphatic rings. The van der Waals surface area contributed by atoms with Crippen LogP contribution in [-0.4, -0.2) is 24.6 Å². The molecule has 178 valence electrons. The standard InChI is InChI=1S/C28H42O4/c1-7-31-24-17(16-23(30)32-24)18-10-14-28(6)20-8-9-21-25(2,3)22(29)12-13-26(21,4)19(20)11-15-27(18,28)5/h8,17-19,21,24H,7,9-16H2,1-6H3/t17?,18-,19?,21-,24+,26+,27-,28+/m0/s1. The van der Waals surface area contributed by atoms with Crippen LogP contribution in [0.5, 0.6) is 0 Å². The Bertz CT molecular complexity index is 857. The van der Waals surface area contributed by atoms with Crippen molar-refractivity contribution < 1.29 is 19.1 Å². The summed E-state index contributed by atoms with van der Waals surface area (Å²) in [6, 6.07) is 0. The summed E-state index contributed by atoms with van der Waals surface area (Å²) >= 11 is 0. The highest BCUT2D eigenvalue weighted by atomic mass is 16.7. The number of ketones is 1. The molecule has 0 aromatic rings. The second-order valence-electron chi connectivity index (χ2n) is 12.8. The Hall–Kier alpha value is -1.16. The van der Waals surface area contributed by atoms with Gasteiger partial charge < -0.3 is 9.47 Å². The number of carbonyl (C=O) groups excluding carboxylic acids is 2. The summed E-state index contributed by atoms with van der Waals surface area (Å²) in [6.45, 7) is 14.5. The zero-order chi connectivity index (χ0) is 23.1. The molecule has 32 heavy (non-hydrogen) atoms. The lowest BCUT2D eigenvalue weighted by Crippen LogP contribution is -2.57. The van der Waals surface area contributed by atoms with Crippen LogP contribution >= 0.6 is 0 Å². The van der Waals surface area contributed by atoms with Gasteiger partial charge in [-0.3, -0.25) is 9.59 Å². The molecule has 5 rings (SSSR count). The smallest absolute Gasteiger partial charge is 0.308 e. The van der Waals surface area contributed by atoms with Gasteiger partial charge in [0, 0.05) is 24.4 Å². The van der Waals surface area contributed by atoms with Gasteiger partial charge in [0.15, 0.2) is 0 Å². The van der Waals surface area contributed by atoms with Crippen molar-refractivity contribution in [1.29, 1.82) is 0 Å². The maximum Gasteiger partial charge on any atom is 0.308 e. The summed E-state index contributed by atoms with van der Waals surface area (Å²) in [5.41, 5.74) is 1.98. The molecular weight excluding hydrogens is 400 g/mol. The predicted octanol–water partition coefficient (Wildman–Crippen LogP) is 6.09. The van der Waals surface area contributed by atoms with Gasteiger partial charge in [-0.05, 0) is 79.4 Å². The van der Waals surface area contributed by atoms with Crippen molar-refractivity contribution in [3.8, 4) is 0 Å². The van der Waals surface area contributed by atoms with E-state index in [1.807, 2.05) is 6.92 Å². The van der Waals surface area contributed by atoms with Crippen LogP contribution in [-0.2, 0) is 19.1 Å². The first-order chi connectivity index (χ1) is 15.0. The molecule has 4 heteroatoms. The molecule has 0 aromatic heterocycles. The number of ether oxygens (including phenoxy) is 2. The summed E-state index contributed by atoms with van der Waals surface area (Å²) in [5.74, 6) is 2.00. The van der Waals surface area contributed by atoms with E-state index in [-0.39, 0.29) is 39.8 Å². The fourth-order valence-electron chi connectivity index (χ4n) is 9.45. The third-order valence-electron chi connectivity index (χ3n) is 11.5. The van der Waals surface area contributed by atoms with Crippen molar-refractivity contribution in [1.82, 2.24) is 0 Å². The first kappa shape index (κ1) is 22.6. The van der Waals surface area contributed by atoms with Crippen molar-refractivity contribution >= 4 is 11.8 Å². The van der Waals surface area contributed by atoms with Gasteiger partial charge in [-0.1, -0.05) is 46.3 Å². The van der Waals surface area contributed by atoms with Crippen molar-refractivity contribution in [2.45, 2.75) is 99.2 Å². The fraction of sp³-hybridized carbons (Fsp3) is 0.857. The molecule has 4 fully saturated rings. The molecule has 0 bridgehead atoms. The molecule has 4 aliphatic carbocycles. The molecule has 0 radical (unpaired) electrons. The van der Waals surface area contributed by atoms with E-state index >= 15 is 0 Å². The van der Waals surface area contributed by atoms with Crippen LogP contribution in [0.4, 0.5) is 0 Å². The van der Waals surface area contributed by atoms with E-state index in [1.165, 1.54) is 19.3 Å². The van der Waals surface area contributed by atoms with E-state index < -0.39 is 0 Å². The van der Waals surface area contributed by atoms with Crippen LogP contribution in [0.3, 0.4) is 0 Å². The van der Waals surface area contributed by atoms with E-state index in [0.29, 0.717) is 36.6 Å². The zero-order valence-corrected chi connectivity index (χ0v) is 21.0. The summed E-state index contributed by atoms with van der Waals surface area (Å²) in [7, 11) is 0. The van der Waals surface area contributed by atoms with Crippen molar-refractivity contribution in [2.75, 3.05) is 6.61 Å². The van der Waals surface area contributed by atoms with Crippen LogP contribution in [0.2, 0.25) is 0 Å². The Kier molecular flexibility index (Phi) is 5.07. The third-order valence-corrected chi connectivity index (χ3v) is 11.5. The van der Waals surface area contributed by atoms with E-state index in [0.717, 1.165) is 25.7 Å². The van der Waals surface area contributed by atoms with Crippen LogP contribution < -0.4 is 0 Å². The topological polar surface area (TPSA) is 52.6 Å². The molecule has 0 aromatic carbocycles. The second kappa shape index (κ2) is 7.17. The lowest BCUT2D eigenvalue weighted by molar-refractivity contribution is -0.172. The zero-order valence-electron chi connectivity index (χ0n) is 21.0. The molecule has 1 saturated heterocycles. The van der Waals surface area contributed by atoms with Gasteiger partial charge in [-0.15, -0.1) is 0 Å². The average Bonchev–Trinajstić information content (AvgIpc) is 3.22. The first-order valence-electron chi connectivity index (χ1n) is 13.0. The molecule has 0 amide bonds. The van der Waals surface area contributed by atoms with Gasteiger partial charge >= 0.3 is 5.97 Å². The van der Waals surface area contributed by atoms with Gasteiger partial charge in [0.25, 0.3) is 0 Å². The Balaban J connectivity index is 1.50. The Morgan fingerprint density at radius 1 is 1.06 bits per heavy atom. The quantitative estimate of drug-likeness (QED) is 0.392. The van der Waals surface area contributed by atoms with Crippen molar-refractivity contribution in [2.24, 2.45) is 45.3 Å². The maximum absolute atomic E-state index is 12.8. The SMILES string of the molecule is CCO[C@@H]1OC(=O)CC1[C@@H]1CC[C@]2(C)C3=CC[C@H]4C(C)(C)C(=O)CC[C@]4(C)C3CC[C@@]12C. The van der Waals surface area contributed by atoms with E-state index in [9.17, 15) is 9.59 Å². The van der Waals surface area contributed by atoms with Gasteiger partial charge in [-0.2, -0.15) is 0 Å². The summed E-state index contributed by atoms with van der Waals surface area (Å²) in [5, 5.41) is 0. The Morgan fingerprint density at radius 2 is 1.81 bits per heavy atom. The molecule has 2 unspecified atom stereocenters. The van der Waals surface area contributed by atoms with Gasteiger partial charge in [0.05, 0.1) is 6.42 Å². The number of hydrogen-bond donors (Lipinski definition) is 0. The number of allylic oxidation sites excluding steroid dienone is 2. The molecule has 1 heterocycles. The lowest BCUT2D eigenvalue weighted by atomic mass is 9.41. The van der Waals surface area contributed by atoms with Gasteiger partial charge in [0.2, 0.25) is 6.29 Å². The molecule has 0 spiro atoms. The highest BCUT2D eigenvalue weighted by Crippen LogP contribution is 2.73. The van der Waals surface area contributed by atoms with Crippen LogP contribution in [0.15, 0.2) is 11.6 Å². The van der Waals surface area contributed by atoms with E-state index in [2.05, 4.69) is 40.7 Å². The van der Waals surface area contributed by atoms with Gasteiger partial charge in [-0.25, -0.2) is 0 Å². The minimum atomic E-state index is -0.373. The number of carbonyl (C=O) groups is 2. The Morgan fingerprint density at radius 3 is 2.53 bits per heavy atom. The highest BCUT2D eigenvalue weighted by molar-refractivity contribution is 5.85. The fourth-order valence-corrected chi connectivity index (χ4v) is 9.45. The molecule has 0 N–H and O–H groups in total. The summed E-state index contributed by atoms with van der Waals surface area (Å²) in [4.78, 5) is 25.0. The molecule has 3 saturated carbocycles. The molecule has 4 nitrogen and oxygen atoms in total. The predicted molar refractivity (Wildman–Crippen MR) is 124 cm³/mol. The average molecular weight is 443 g/mol. The van der Waals surface area contributed by atoms with E-state index in [4.69, 9.17) is 9.47 Å². The summed E-state index contributed by atoms with van der Waals surface area (Å²) in [6.07, 6.45) is 10.2. The first-order valence-corrected chi connectivity index (χ1v) is 13.0. The molecular formula is C28H42O4. The lowest BCUT2D eigenvalue weighted by Gasteiger charge is -2.63. The third kappa shape index (κ3) is 2.77. The highest BCUT2D eigenvalue weighted by Gasteiger charge is 2.66. The number of cyclic esters (lactones) is 1. The van der Waals surface area contributed by atoms with Crippen molar-refractivity contribution in [3.63, 3.8) is 0 Å². The normalized spacial score (nSPS) is 49.7. The van der Waals surface area contributed by atoms with Crippen molar-refractivity contribution in [3.05, 3.63) is 11.6 Å². The maximum atomic E-state index is 12.8. The minimum absolute atomic E-state index is 0.0966. The van der Waals surface area contributed by atoms with E-state index in [1.54, 1.807) is 5.57 Å². The minimum Gasteiger partial charge on any atom is -0.435 e. The number of Topliss-reactive ketones (excluding diaryl/α,β-unsaturated/α-hetero) is 1. The number of hydrogen-bond acceptors (Lipinski definition) is 4. The van der Waals surface area contributed by atoms with Crippen LogP contribution in [0.25, 0.3) is 0 Å². The van der Waals surface area contributed by atoms with Crippen LogP contribution in [0.1, 0.15) is 92.9 Å². The second-order valence-corrected chi connectivity index (χ2v) is 12.8. The Labute approximate surface area is 193 Å². The van der Waals surface area contributed by atoms with Gasteiger partial charge in [0.1, 0.15) is 5.78 Å². The monoisotopic (exact) mass is 442 g/mol. The largest absolute Gasteiger partial charge is 0.435 e. The number of rotatable bonds is 3. The number of fused-ring (bicyclic) bond motifs is 5. The molecule has 8 atom stereocenters. The molecule has 1 aliphatic heterocycles.